The van der Waals surface area contributed by atoms with Crippen molar-refractivity contribution in [3.05, 3.63) is 39.8 Å². The molecule has 0 spiro atoms. The van der Waals surface area contributed by atoms with Gasteiger partial charge in [-0.15, -0.1) is 11.8 Å². The van der Waals surface area contributed by atoms with Crippen LogP contribution in [0.1, 0.15) is 44.1 Å². The molecule has 1 saturated carbocycles. The Morgan fingerprint density at radius 2 is 1.89 bits per heavy atom. The SMILES string of the molecule is O=C(CN1C(=O)/C(=C\c2ccccc2Cl)SC2CCCCC21)N1CCCC1. The molecule has 27 heavy (non-hydrogen) atoms. The number of rotatable bonds is 3. The third-order valence-electron chi connectivity index (χ3n) is 5.77. The zero-order valence-corrected chi connectivity index (χ0v) is 17.0. The number of halogens is 1. The van der Waals surface area contributed by atoms with Crippen LogP contribution in [0.5, 0.6) is 0 Å². The van der Waals surface area contributed by atoms with Crippen molar-refractivity contribution >= 4 is 41.3 Å². The molecule has 2 unspecified atom stereocenters. The Labute approximate surface area is 169 Å². The number of thioether (sulfide) groups is 1. The summed E-state index contributed by atoms with van der Waals surface area (Å²) in [6, 6.07) is 7.75. The van der Waals surface area contributed by atoms with Crippen molar-refractivity contribution in [1.82, 2.24) is 9.80 Å². The van der Waals surface area contributed by atoms with Gasteiger partial charge in [0.15, 0.2) is 0 Å². The Morgan fingerprint density at radius 1 is 1.15 bits per heavy atom. The van der Waals surface area contributed by atoms with Gasteiger partial charge in [-0.1, -0.05) is 42.6 Å². The summed E-state index contributed by atoms with van der Waals surface area (Å²) in [6.07, 6.45) is 8.45. The Hall–Kier alpha value is -1.46. The number of carbonyl (C=O) groups is 2. The van der Waals surface area contributed by atoms with Crippen LogP contribution in [-0.4, -0.2) is 52.5 Å². The number of carbonyl (C=O) groups excluding carboxylic acids is 2. The second-order valence-corrected chi connectivity index (χ2v) is 9.25. The van der Waals surface area contributed by atoms with Crippen LogP contribution >= 0.6 is 23.4 Å². The lowest BCUT2D eigenvalue weighted by molar-refractivity contribution is -0.140. The Bertz CT molecular complexity index is 760. The quantitative estimate of drug-likeness (QED) is 0.709. The van der Waals surface area contributed by atoms with E-state index in [1.54, 1.807) is 11.8 Å². The van der Waals surface area contributed by atoms with Gasteiger partial charge in [0.05, 0.1) is 4.91 Å². The van der Waals surface area contributed by atoms with Gasteiger partial charge in [-0.3, -0.25) is 9.59 Å². The molecule has 2 heterocycles. The molecule has 2 saturated heterocycles. The van der Waals surface area contributed by atoms with Gasteiger partial charge in [0.1, 0.15) is 6.54 Å². The lowest BCUT2D eigenvalue weighted by Crippen LogP contribution is -2.54. The zero-order chi connectivity index (χ0) is 18.8. The van der Waals surface area contributed by atoms with E-state index in [0.29, 0.717) is 15.2 Å². The number of likely N-dealkylation sites (tertiary alicyclic amines) is 1. The van der Waals surface area contributed by atoms with Gasteiger partial charge in [0.2, 0.25) is 5.91 Å². The first-order chi connectivity index (χ1) is 13.1. The molecule has 0 radical (unpaired) electrons. The third kappa shape index (κ3) is 4.04. The first kappa shape index (κ1) is 18.9. The van der Waals surface area contributed by atoms with E-state index in [2.05, 4.69) is 0 Å². The van der Waals surface area contributed by atoms with E-state index in [1.165, 1.54) is 6.42 Å². The smallest absolute Gasteiger partial charge is 0.261 e. The van der Waals surface area contributed by atoms with Crippen LogP contribution in [0, 0.1) is 0 Å². The van der Waals surface area contributed by atoms with Crippen molar-refractivity contribution in [3.63, 3.8) is 0 Å². The highest BCUT2D eigenvalue weighted by molar-refractivity contribution is 8.04. The van der Waals surface area contributed by atoms with E-state index in [4.69, 9.17) is 11.6 Å². The molecule has 2 aliphatic heterocycles. The summed E-state index contributed by atoms with van der Waals surface area (Å²) in [7, 11) is 0. The van der Waals surface area contributed by atoms with Crippen LogP contribution in [0.4, 0.5) is 0 Å². The summed E-state index contributed by atoms with van der Waals surface area (Å²) in [5.41, 5.74) is 0.857. The molecule has 1 aromatic carbocycles. The first-order valence-electron chi connectivity index (χ1n) is 9.85. The van der Waals surface area contributed by atoms with E-state index < -0.39 is 0 Å². The fourth-order valence-corrected chi connectivity index (χ4v) is 5.96. The second kappa shape index (κ2) is 8.27. The molecule has 1 aliphatic carbocycles. The highest BCUT2D eigenvalue weighted by Crippen LogP contribution is 2.42. The van der Waals surface area contributed by atoms with Crippen molar-refractivity contribution < 1.29 is 9.59 Å². The molecule has 6 heteroatoms. The normalized spacial score (nSPS) is 27.1. The third-order valence-corrected chi connectivity index (χ3v) is 7.52. The van der Waals surface area contributed by atoms with E-state index in [9.17, 15) is 9.59 Å². The lowest BCUT2D eigenvalue weighted by atomic mass is 9.93. The molecule has 4 nitrogen and oxygen atoms in total. The topological polar surface area (TPSA) is 40.6 Å². The highest BCUT2D eigenvalue weighted by Gasteiger charge is 2.41. The van der Waals surface area contributed by atoms with Gasteiger partial charge >= 0.3 is 0 Å². The van der Waals surface area contributed by atoms with Gasteiger partial charge in [-0.25, -0.2) is 0 Å². The van der Waals surface area contributed by atoms with E-state index in [0.717, 1.165) is 50.8 Å². The number of benzene rings is 1. The van der Waals surface area contributed by atoms with Crippen LogP contribution < -0.4 is 0 Å². The van der Waals surface area contributed by atoms with Crippen LogP contribution in [0.2, 0.25) is 5.02 Å². The summed E-state index contributed by atoms with van der Waals surface area (Å²) in [6.45, 7) is 1.86. The molecule has 3 fully saturated rings. The van der Waals surface area contributed by atoms with Gasteiger partial charge in [-0.05, 0) is 43.4 Å². The van der Waals surface area contributed by atoms with E-state index >= 15 is 0 Å². The Kier molecular flexibility index (Phi) is 5.79. The number of nitrogens with zero attached hydrogens (tertiary/aromatic N) is 2. The molecular weight excluding hydrogens is 380 g/mol. The number of hydrogen-bond donors (Lipinski definition) is 0. The maximum atomic E-state index is 13.3. The van der Waals surface area contributed by atoms with Crippen molar-refractivity contribution in [2.24, 2.45) is 0 Å². The lowest BCUT2D eigenvalue weighted by Gasteiger charge is -2.44. The average molecular weight is 405 g/mol. The zero-order valence-electron chi connectivity index (χ0n) is 15.4. The predicted molar refractivity (Wildman–Crippen MR) is 111 cm³/mol. The minimum absolute atomic E-state index is 0.0179. The largest absolute Gasteiger partial charge is 0.341 e. The molecule has 2 amide bonds. The van der Waals surface area contributed by atoms with Crippen molar-refractivity contribution in [1.29, 1.82) is 0 Å². The maximum absolute atomic E-state index is 13.3. The predicted octanol–water partition coefficient (Wildman–Crippen LogP) is 4.19. The molecule has 0 bridgehead atoms. The number of fused-ring (bicyclic) bond motifs is 1. The van der Waals surface area contributed by atoms with Gasteiger partial charge < -0.3 is 9.80 Å². The fraction of sp³-hybridized carbons (Fsp3) is 0.524. The van der Waals surface area contributed by atoms with Crippen molar-refractivity contribution in [3.8, 4) is 0 Å². The number of hydrogen-bond acceptors (Lipinski definition) is 3. The standard InChI is InChI=1S/C21H25ClN2O2S/c22-16-8-2-1-7-15(16)13-19-21(26)24(14-20(25)23-11-5-6-12-23)17-9-3-4-10-18(17)27-19/h1-2,7-8,13,17-18H,3-6,9-12,14H2/b19-13+. The van der Waals surface area contributed by atoms with E-state index in [1.807, 2.05) is 40.1 Å². The fourth-order valence-electron chi connectivity index (χ4n) is 4.31. The summed E-state index contributed by atoms with van der Waals surface area (Å²) in [5.74, 6) is 0.0739. The molecule has 1 aromatic rings. The van der Waals surface area contributed by atoms with Crippen molar-refractivity contribution in [2.45, 2.75) is 49.8 Å². The summed E-state index contributed by atoms with van der Waals surface area (Å²) in [4.78, 5) is 30.5. The summed E-state index contributed by atoms with van der Waals surface area (Å²) >= 11 is 7.97. The Balaban J connectivity index is 1.60. The molecule has 2 atom stereocenters. The molecular formula is C21H25ClN2O2S. The van der Waals surface area contributed by atoms with Gasteiger partial charge in [-0.2, -0.15) is 0 Å². The van der Waals surface area contributed by atoms with Gasteiger partial charge in [0.25, 0.3) is 5.91 Å². The molecule has 4 rings (SSSR count). The maximum Gasteiger partial charge on any atom is 0.261 e. The van der Waals surface area contributed by atoms with Crippen LogP contribution in [0.15, 0.2) is 29.2 Å². The van der Waals surface area contributed by atoms with Crippen LogP contribution in [-0.2, 0) is 9.59 Å². The van der Waals surface area contributed by atoms with Crippen molar-refractivity contribution in [2.75, 3.05) is 19.6 Å². The number of amides is 2. The minimum atomic E-state index is -0.0179. The molecule has 0 N–H and O–H groups in total. The molecule has 144 valence electrons. The first-order valence-corrected chi connectivity index (χ1v) is 11.1. The second-order valence-electron chi connectivity index (χ2n) is 7.56. The highest BCUT2D eigenvalue weighted by atomic mass is 35.5. The summed E-state index contributed by atoms with van der Waals surface area (Å²) < 4.78 is 0. The molecule has 3 aliphatic rings. The Morgan fingerprint density at radius 3 is 2.67 bits per heavy atom. The van der Waals surface area contributed by atoms with Crippen LogP contribution in [0.3, 0.4) is 0 Å². The molecule has 0 aromatic heterocycles. The van der Waals surface area contributed by atoms with E-state index in [-0.39, 0.29) is 24.4 Å². The average Bonchev–Trinajstić information content (AvgIpc) is 3.21. The monoisotopic (exact) mass is 404 g/mol. The minimum Gasteiger partial charge on any atom is -0.341 e. The van der Waals surface area contributed by atoms with Crippen LogP contribution in [0.25, 0.3) is 6.08 Å². The van der Waals surface area contributed by atoms with Gasteiger partial charge in [0, 0.05) is 29.4 Å². The summed E-state index contributed by atoms with van der Waals surface area (Å²) in [5, 5.41) is 1.01.